The third-order valence-corrected chi connectivity index (χ3v) is 4.80. The van der Waals surface area contributed by atoms with Crippen molar-refractivity contribution in [1.29, 1.82) is 0 Å². The van der Waals surface area contributed by atoms with Crippen molar-refractivity contribution in [3.63, 3.8) is 0 Å². The zero-order valence-corrected chi connectivity index (χ0v) is 14.5. The molecule has 142 valence electrons. The summed E-state index contributed by atoms with van der Waals surface area (Å²) in [7, 11) is 0. The smallest absolute Gasteiger partial charge is 0.325 e. The van der Waals surface area contributed by atoms with E-state index in [0.717, 1.165) is 17.7 Å². The summed E-state index contributed by atoms with van der Waals surface area (Å²) in [6.45, 7) is -0.219. The minimum absolute atomic E-state index is 0.0211. The number of urea groups is 1. The molecule has 1 aliphatic carbocycles. The van der Waals surface area contributed by atoms with Gasteiger partial charge in [0.2, 0.25) is 0 Å². The lowest BCUT2D eigenvalue weighted by atomic mass is 9.98. The molecule has 2 aliphatic rings. The van der Waals surface area contributed by atoms with Crippen LogP contribution in [0.25, 0.3) is 11.7 Å². The number of aromatic nitrogens is 2. The summed E-state index contributed by atoms with van der Waals surface area (Å²) in [6, 6.07) is 2.90. The maximum atomic E-state index is 12.5. The van der Waals surface area contributed by atoms with Crippen molar-refractivity contribution in [3.05, 3.63) is 24.3 Å². The molecule has 1 aliphatic heterocycles. The molecule has 0 radical (unpaired) electrons. The highest BCUT2D eigenvalue weighted by molar-refractivity contribution is 6.07. The van der Waals surface area contributed by atoms with Gasteiger partial charge in [-0.1, -0.05) is 12.8 Å². The van der Waals surface area contributed by atoms with Crippen LogP contribution in [0.2, 0.25) is 0 Å². The van der Waals surface area contributed by atoms with Gasteiger partial charge in [0.05, 0.1) is 12.7 Å². The fraction of sp³-hybridized carbons (Fsp3) is 0.471. The summed E-state index contributed by atoms with van der Waals surface area (Å²) in [4.78, 5) is 37.6. The molecule has 2 aromatic heterocycles. The predicted octanol–water partition coefficient (Wildman–Crippen LogP) is 1.63. The Morgan fingerprint density at radius 1 is 1.30 bits per heavy atom. The molecular weight excluding hydrogens is 356 g/mol. The quantitative estimate of drug-likeness (QED) is 0.597. The van der Waals surface area contributed by atoms with Crippen LogP contribution in [-0.2, 0) is 20.9 Å². The monoisotopic (exact) mass is 374 g/mol. The van der Waals surface area contributed by atoms with Gasteiger partial charge in [0.1, 0.15) is 5.54 Å². The van der Waals surface area contributed by atoms with Crippen molar-refractivity contribution in [2.24, 2.45) is 0 Å². The molecule has 2 fully saturated rings. The minimum Gasteiger partial charge on any atom is -0.459 e. The van der Waals surface area contributed by atoms with Crippen LogP contribution in [0, 0.1) is 0 Å². The van der Waals surface area contributed by atoms with E-state index >= 15 is 0 Å². The number of hydrogen-bond acceptors (Lipinski definition) is 8. The molecule has 3 heterocycles. The topological polar surface area (TPSA) is 128 Å². The number of carbonyl (C=O) groups excluding carboxylic acids is 3. The fourth-order valence-electron chi connectivity index (χ4n) is 3.43. The Bertz CT molecular complexity index is 853. The van der Waals surface area contributed by atoms with Crippen molar-refractivity contribution in [2.75, 3.05) is 6.54 Å². The lowest BCUT2D eigenvalue weighted by Crippen LogP contribution is -2.44. The van der Waals surface area contributed by atoms with E-state index in [0.29, 0.717) is 18.6 Å². The molecule has 10 nitrogen and oxygen atoms in total. The van der Waals surface area contributed by atoms with E-state index in [2.05, 4.69) is 15.5 Å². The lowest BCUT2D eigenvalue weighted by Gasteiger charge is -2.19. The van der Waals surface area contributed by atoms with Crippen molar-refractivity contribution in [3.8, 4) is 11.7 Å². The molecule has 1 N–H and O–H groups in total. The Balaban J connectivity index is 1.27. The summed E-state index contributed by atoms with van der Waals surface area (Å²) < 4.78 is 15.5. The van der Waals surface area contributed by atoms with Gasteiger partial charge in [-0.25, -0.2) is 4.79 Å². The van der Waals surface area contributed by atoms with Crippen LogP contribution in [0.5, 0.6) is 0 Å². The Hall–Kier alpha value is -3.17. The number of hydrogen-bond donors (Lipinski definition) is 1. The second kappa shape index (κ2) is 6.86. The third-order valence-electron chi connectivity index (χ3n) is 4.80. The Labute approximate surface area is 153 Å². The number of imide groups is 1. The molecule has 4 rings (SSSR count). The Morgan fingerprint density at radius 3 is 2.85 bits per heavy atom. The van der Waals surface area contributed by atoms with E-state index in [1.165, 1.54) is 6.26 Å². The van der Waals surface area contributed by atoms with E-state index in [4.69, 9.17) is 13.6 Å². The zero-order chi connectivity index (χ0) is 18.9. The summed E-state index contributed by atoms with van der Waals surface area (Å²) >= 11 is 0. The van der Waals surface area contributed by atoms with Gasteiger partial charge in [0.15, 0.2) is 12.4 Å². The molecule has 0 aromatic carbocycles. The van der Waals surface area contributed by atoms with Crippen LogP contribution in [0.1, 0.15) is 38.0 Å². The predicted molar refractivity (Wildman–Crippen MR) is 87.9 cm³/mol. The van der Waals surface area contributed by atoms with Gasteiger partial charge >= 0.3 is 12.0 Å². The Morgan fingerprint density at radius 2 is 2.11 bits per heavy atom. The van der Waals surface area contributed by atoms with E-state index in [1.54, 1.807) is 12.1 Å². The third kappa shape index (κ3) is 3.29. The van der Waals surface area contributed by atoms with Gasteiger partial charge in [-0.05, 0) is 25.0 Å². The molecule has 10 heteroatoms. The van der Waals surface area contributed by atoms with Gasteiger partial charge in [0, 0.05) is 6.54 Å². The first kappa shape index (κ1) is 17.3. The van der Waals surface area contributed by atoms with E-state index in [-0.39, 0.29) is 37.3 Å². The first-order valence-electron chi connectivity index (χ1n) is 8.73. The van der Waals surface area contributed by atoms with Crippen molar-refractivity contribution >= 4 is 17.9 Å². The van der Waals surface area contributed by atoms with Gasteiger partial charge in [-0.15, -0.1) is 10.2 Å². The average molecular weight is 374 g/mol. The van der Waals surface area contributed by atoms with Gasteiger partial charge in [0.25, 0.3) is 17.7 Å². The number of ether oxygens (including phenoxy) is 1. The van der Waals surface area contributed by atoms with Crippen LogP contribution < -0.4 is 5.32 Å². The minimum atomic E-state index is -0.771. The van der Waals surface area contributed by atoms with Crippen LogP contribution in [0.15, 0.2) is 27.2 Å². The van der Waals surface area contributed by atoms with E-state index in [1.807, 2.05) is 0 Å². The van der Waals surface area contributed by atoms with Gasteiger partial charge in [-0.2, -0.15) is 0 Å². The number of nitrogens with one attached hydrogen (secondary N) is 1. The second-order valence-electron chi connectivity index (χ2n) is 6.57. The maximum Gasteiger partial charge on any atom is 0.325 e. The summed E-state index contributed by atoms with van der Waals surface area (Å²) in [5.41, 5.74) is -0.771. The largest absolute Gasteiger partial charge is 0.459 e. The van der Waals surface area contributed by atoms with Gasteiger partial charge in [-0.3, -0.25) is 14.5 Å². The van der Waals surface area contributed by atoms with Crippen LogP contribution >= 0.6 is 0 Å². The highest BCUT2D eigenvalue weighted by Gasteiger charge is 2.52. The first-order valence-corrected chi connectivity index (χ1v) is 8.73. The molecule has 1 spiro atoms. The van der Waals surface area contributed by atoms with Gasteiger partial charge < -0.3 is 18.9 Å². The number of esters is 1. The SMILES string of the molecule is O=C(CCN1C(=O)NC2(CCCC2)C1=O)OCc1nnc(-c2ccco2)o1. The van der Waals surface area contributed by atoms with Crippen LogP contribution in [0.4, 0.5) is 4.79 Å². The molecule has 3 amide bonds. The summed E-state index contributed by atoms with van der Waals surface area (Å²) in [6.07, 6.45) is 4.48. The number of nitrogens with zero attached hydrogens (tertiary/aromatic N) is 3. The van der Waals surface area contributed by atoms with Crippen molar-refractivity contribution in [1.82, 2.24) is 20.4 Å². The number of rotatable bonds is 6. The maximum absolute atomic E-state index is 12.5. The molecule has 0 bridgehead atoms. The molecular formula is C17H18N4O6. The van der Waals surface area contributed by atoms with Crippen LogP contribution in [0.3, 0.4) is 0 Å². The first-order chi connectivity index (χ1) is 13.1. The molecule has 2 aromatic rings. The second-order valence-corrected chi connectivity index (χ2v) is 6.57. The number of carbonyl (C=O) groups is 3. The van der Waals surface area contributed by atoms with Crippen molar-refractivity contribution < 1.29 is 28.0 Å². The Kier molecular flexibility index (Phi) is 4.38. The summed E-state index contributed by atoms with van der Waals surface area (Å²) in [5, 5.41) is 10.3. The average Bonchev–Trinajstić information content (AvgIpc) is 3.42. The highest BCUT2D eigenvalue weighted by Crippen LogP contribution is 2.35. The van der Waals surface area contributed by atoms with Crippen molar-refractivity contribution in [2.45, 2.75) is 44.2 Å². The number of amides is 3. The highest BCUT2D eigenvalue weighted by atomic mass is 16.5. The standard InChI is InChI=1S/C17H18N4O6/c22-13(26-10-12-19-20-14(27-12)11-4-3-9-25-11)5-8-21-15(23)17(18-16(21)24)6-1-2-7-17/h3-4,9H,1-2,5-8,10H2,(H,18,24). The molecule has 1 saturated carbocycles. The lowest BCUT2D eigenvalue weighted by molar-refractivity contribution is -0.146. The normalized spacial score (nSPS) is 18.3. The molecule has 0 atom stereocenters. The molecule has 27 heavy (non-hydrogen) atoms. The number of furan rings is 1. The molecule has 1 saturated heterocycles. The van der Waals surface area contributed by atoms with E-state index < -0.39 is 17.5 Å². The molecule has 0 unspecified atom stereocenters. The summed E-state index contributed by atoms with van der Waals surface area (Å²) in [5.74, 6) is -0.0973. The fourth-order valence-corrected chi connectivity index (χ4v) is 3.43. The van der Waals surface area contributed by atoms with E-state index in [9.17, 15) is 14.4 Å². The van der Waals surface area contributed by atoms with Crippen LogP contribution in [-0.4, -0.2) is 45.1 Å². The zero-order valence-electron chi connectivity index (χ0n) is 14.5.